The van der Waals surface area contributed by atoms with Crippen LogP contribution in [-0.4, -0.2) is 28.8 Å². The van der Waals surface area contributed by atoms with Gasteiger partial charge in [0.1, 0.15) is 5.82 Å². The Hall–Kier alpha value is -2.43. The summed E-state index contributed by atoms with van der Waals surface area (Å²) in [5.74, 6) is 0.971. The quantitative estimate of drug-likeness (QED) is 0.800. The molecule has 3 N–H and O–H groups in total. The molecule has 0 amide bonds. The Morgan fingerprint density at radius 2 is 2.39 bits per heavy atom. The van der Waals surface area contributed by atoms with Crippen LogP contribution in [0.15, 0.2) is 41.2 Å². The predicted molar refractivity (Wildman–Crippen MR) is 90.3 cm³/mol. The number of rotatable bonds is 6. The monoisotopic (exact) mass is 313 g/mol. The van der Waals surface area contributed by atoms with Gasteiger partial charge in [-0.1, -0.05) is 19.4 Å². The maximum Gasteiger partial charge on any atom is 0.244 e. The Labute approximate surface area is 136 Å². The highest BCUT2D eigenvalue weighted by Gasteiger charge is 2.22. The van der Waals surface area contributed by atoms with E-state index in [1.807, 2.05) is 6.07 Å². The summed E-state index contributed by atoms with van der Waals surface area (Å²) < 4.78 is 5.16. The number of unbranched alkanes of at least 4 members (excludes halogenated alkanes) is 1. The minimum absolute atomic E-state index is 0.169. The maximum atomic E-state index is 12.3. The number of ketones is 1. The van der Waals surface area contributed by atoms with Crippen molar-refractivity contribution in [2.45, 2.75) is 32.1 Å². The van der Waals surface area contributed by atoms with Gasteiger partial charge in [0.2, 0.25) is 5.78 Å². The molecule has 0 fully saturated rings. The highest BCUT2D eigenvalue weighted by Crippen LogP contribution is 2.31. The average molecular weight is 313 g/mol. The maximum absolute atomic E-state index is 12.3. The molecule has 5 heteroatoms. The smallest absolute Gasteiger partial charge is 0.244 e. The first kappa shape index (κ1) is 15.5. The van der Waals surface area contributed by atoms with Gasteiger partial charge in [0.05, 0.1) is 12.0 Å². The molecule has 0 saturated heterocycles. The fourth-order valence-electron chi connectivity index (χ4n) is 2.96. The molecule has 3 rings (SSSR count). The molecule has 3 heterocycles. The third-order valence-corrected chi connectivity index (χ3v) is 4.32. The van der Waals surface area contributed by atoms with Crippen LogP contribution >= 0.6 is 0 Å². The standard InChI is InChI=1S/C18H23N3O2/c1-2-3-8-21-9-6-13(7-10-21)14-12-15(20-18(14)19)17(22)16-5-4-11-23-16/h4-6,9,11-13,20H,2-3,7-8,10,19H2,1H3. The summed E-state index contributed by atoms with van der Waals surface area (Å²) in [6, 6.07) is 5.22. The minimum Gasteiger partial charge on any atom is -0.461 e. The number of nitrogens with one attached hydrogen (secondary N) is 1. The number of furan rings is 1. The second kappa shape index (κ2) is 6.77. The number of H-pyrrole nitrogens is 1. The molecular weight excluding hydrogens is 290 g/mol. The van der Waals surface area contributed by atoms with E-state index in [1.165, 1.54) is 19.1 Å². The van der Waals surface area contributed by atoms with Gasteiger partial charge in [-0.15, -0.1) is 0 Å². The largest absolute Gasteiger partial charge is 0.461 e. The van der Waals surface area contributed by atoms with Crippen molar-refractivity contribution in [1.29, 1.82) is 0 Å². The minimum atomic E-state index is -0.169. The van der Waals surface area contributed by atoms with Crippen molar-refractivity contribution in [3.8, 4) is 0 Å². The predicted octanol–water partition coefficient (Wildman–Crippen LogP) is 3.52. The molecule has 122 valence electrons. The lowest BCUT2D eigenvalue weighted by molar-refractivity contribution is 0.100. The zero-order valence-electron chi connectivity index (χ0n) is 13.4. The van der Waals surface area contributed by atoms with E-state index in [0.717, 1.165) is 25.1 Å². The number of carbonyl (C=O) groups excluding carboxylic acids is 1. The summed E-state index contributed by atoms with van der Waals surface area (Å²) in [6.45, 7) is 4.33. The summed E-state index contributed by atoms with van der Waals surface area (Å²) in [4.78, 5) is 17.7. The summed E-state index contributed by atoms with van der Waals surface area (Å²) in [5, 5.41) is 0. The lowest BCUT2D eigenvalue weighted by atomic mass is 9.94. The Balaban J connectivity index is 1.73. The molecule has 2 aromatic rings. The number of nitrogen functional groups attached to an aromatic ring is 1. The summed E-state index contributed by atoms with van der Waals surface area (Å²) in [7, 11) is 0. The van der Waals surface area contributed by atoms with Gasteiger partial charge in [-0.3, -0.25) is 4.79 Å². The fraction of sp³-hybridized carbons (Fsp3) is 0.389. The Kier molecular flexibility index (Phi) is 4.55. The highest BCUT2D eigenvalue weighted by molar-refractivity contribution is 6.06. The van der Waals surface area contributed by atoms with Gasteiger partial charge in [0.25, 0.3) is 0 Å². The highest BCUT2D eigenvalue weighted by atomic mass is 16.3. The van der Waals surface area contributed by atoms with Gasteiger partial charge in [-0.25, -0.2) is 0 Å². The lowest BCUT2D eigenvalue weighted by Gasteiger charge is -2.27. The van der Waals surface area contributed by atoms with Crippen LogP contribution in [0, 0.1) is 0 Å². The first-order chi connectivity index (χ1) is 11.2. The third-order valence-electron chi connectivity index (χ3n) is 4.32. The van der Waals surface area contributed by atoms with E-state index in [1.54, 1.807) is 12.1 Å². The SMILES string of the molecule is CCCCN1C=CC(c2cc(C(=O)c3ccco3)[nH]c2N)CC1. The second-order valence-electron chi connectivity index (χ2n) is 5.98. The van der Waals surface area contributed by atoms with Crippen LogP contribution in [-0.2, 0) is 0 Å². The Morgan fingerprint density at radius 1 is 1.52 bits per heavy atom. The zero-order valence-corrected chi connectivity index (χ0v) is 13.4. The van der Waals surface area contributed by atoms with Crippen molar-refractivity contribution in [3.05, 3.63) is 53.8 Å². The van der Waals surface area contributed by atoms with Crippen LogP contribution in [0.1, 0.15) is 53.9 Å². The number of carbonyl (C=O) groups is 1. The van der Waals surface area contributed by atoms with Crippen LogP contribution in [0.4, 0.5) is 5.82 Å². The number of aromatic nitrogens is 1. The van der Waals surface area contributed by atoms with E-state index >= 15 is 0 Å². The zero-order chi connectivity index (χ0) is 16.2. The summed E-state index contributed by atoms with van der Waals surface area (Å²) in [6.07, 6.45) is 9.26. The summed E-state index contributed by atoms with van der Waals surface area (Å²) >= 11 is 0. The van der Waals surface area contributed by atoms with E-state index in [9.17, 15) is 4.79 Å². The third kappa shape index (κ3) is 3.33. The van der Waals surface area contributed by atoms with Gasteiger partial charge in [-0.05, 0) is 37.2 Å². The number of nitrogens with zero attached hydrogens (tertiary/aromatic N) is 1. The second-order valence-corrected chi connectivity index (χ2v) is 5.98. The molecule has 1 unspecified atom stereocenters. The normalized spacial score (nSPS) is 17.6. The number of aromatic amines is 1. The Bertz CT molecular complexity index is 685. The van der Waals surface area contributed by atoms with E-state index in [-0.39, 0.29) is 11.7 Å². The average Bonchev–Trinajstić information content (AvgIpc) is 3.22. The van der Waals surface area contributed by atoms with E-state index in [4.69, 9.17) is 10.2 Å². The molecule has 0 spiro atoms. The van der Waals surface area contributed by atoms with E-state index < -0.39 is 0 Å². The van der Waals surface area contributed by atoms with Crippen LogP contribution < -0.4 is 5.73 Å². The first-order valence-corrected chi connectivity index (χ1v) is 8.18. The number of hydrogen-bond acceptors (Lipinski definition) is 4. The molecule has 2 aromatic heterocycles. The number of hydrogen-bond donors (Lipinski definition) is 2. The molecule has 1 atom stereocenters. The fourth-order valence-corrected chi connectivity index (χ4v) is 2.96. The molecule has 0 radical (unpaired) electrons. The topological polar surface area (TPSA) is 75.3 Å². The molecule has 0 bridgehead atoms. The van der Waals surface area contributed by atoms with Crippen molar-refractivity contribution in [2.75, 3.05) is 18.8 Å². The van der Waals surface area contributed by atoms with Gasteiger partial charge in [-0.2, -0.15) is 0 Å². The van der Waals surface area contributed by atoms with Crippen LogP contribution in [0.3, 0.4) is 0 Å². The molecule has 1 aliphatic rings. The summed E-state index contributed by atoms with van der Waals surface area (Å²) in [5.41, 5.74) is 7.57. The molecular formula is C18H23N3O2. The van der Waals surface area contributed by atoms with Crippen molar-refractivity contribution in [1.82, 2.24) is 9.88 Å². The van der Waals surface area contributed by atoms with Gasteiger partial charge in [0.15, 0.2) is 5.76 Å². The van der Waals surface area contributed by atoms with Crippen LogP contribution in [0.5, 0.6) is 0 Å². The van der Waals surface area contributed by atoms with Crippen molar-refractivity contribution >= 4 is 11.6 Å². The van der Waals surface area contributed by atoms with Crippen molar-refractivity contribution < 1.29 is 9.21 Å². The van der Waals surface area contributed by atoms with E-state index in [2.05, 4.69) is 29.1 Å². The lowest BCUT2D eigenvalue weighted by Crippen LogP contribution is -2.25. The van der Waals surface area contributed by atoms with Crippen molar-refractivity contribution in [2.24, 2.45) is 0 Å². The van der Waals surface area contributed by atoms with Gasteiger partial charge < -0.3 is 20.0 Å². The number of anilines is 1. The molecule has 0 aromatic carbocycles. The van der Waals surface area contributed by atoms with Gasteiger partial charge in [0, 0.05) is 24.6 Å². The molecule has 0 aliphatic carbocycles. The van der Waals surface area contributed by atoms with Crippen molar-refractivity contribution in [3.63, 3.8) is 0 Å². The first-order valence-electron chi connectivity index (χ1n) is 8.18. The molecule has 1 aliphatic heterocycles. The van der Waals surface area contributed by atoms with Gasteiger partial charge >= 0.3 is 0 Å². The number of allylic oxidation sites excluding steroid dienone is 1. The van der Waals surface area contributed by atoms with Crippen LogP contribution in [0.2, 0.25) is 0 Å². The molecule has 5 nitrogen and oxygen atoms in total. The molecule has 23 heavy (non-hydrogen) atoms. The number of nitrogens with two attached hydrogens (primary N) is 1. The Morgan fingerprint density at radius 3 is 3.04 bits per heavy atom. The molecule has 0 saturated carbocycles. The van der Waals surface area contributed by atoms with Crippen LogP contribution in [0.25, 0.3) is 0 Å². The van der Waals surface area contributed by atoms with E-state index in [0.29, 0.717) is 17.3 Å².